The molecular formula is C41H74O3. The first-order valence-electron chi connectivity index (χ1n) is 19.2. The van der Waals surface area contributed by atoms with E-state index in [4.69, 9.17) is 9.47 Å². The number of ether oxygens (including phenoxy) is 2. The number of rotatable bonds is 31. The lowest BCUT2D eigenvalue weighted by Crippen LogP contribution is -2.31. The van der Waals surface area contributed by atoms with Crippen LogP contribution in [0.4, 0.5) is 0 Å². The van der Waals surface area contributed by atoms with Crippen LogP contribution in [0.3, 0.4) is 0 Å². The molecule has 0 aromatic carbocycles. The van der Waals surface area contributed by atoms with Crippen molar-refractivity contribution in [1.29, 1.82) is 0 Å². The maximum atomic E-state index is 9.77. The summed E-state index contributed by atoms with van der Waals surface area (Å²) in [6, 6.07) is 0. The summed E-state index contributed by atoms with van der Waals surface area (Å²) in [7, 11) is 0. The number of hydrogen-bond donors (Lipinski definition) is 1. The van der Waals surface area contributed by atoms with E-state index in [1.54, 1.807) is 0 Å². The largest absolute Gasteiger partial charge is 0.394 e. The second kappa shape index (κ2) is 30.5. The minimum atomic E-state index is -0.475. The number of aliphatic hydroxyl groups is 1. The number of hydrogen-bond acceptors (Lipinski definition) is 3. The van der Waals surface area contributed by atoms with E-state index in [-0.39, 0.29) is 18.8 Å². The molecule has 2 unspecified atom stereocenters. The van der Waals surface area contributed by atoms with Gasteiger partial charge in [0.1, 0.15) is 6.10 Å². The van der Waals surface area contributed by atoms with E-state index < -0.39 is 5.79 Å². The van der Waals surface area contributed by atoms with Crippen molar-refractivity contribution in [3.05, 3.63) is 48.6 Å². The lowest BCUT2D eigenvalue weighted by molar-refractivity contribution is -0.187. The Morgan fingerprint density at radius 1 is 0.477 bits per heavy atom. The fourth-order valence-electron chi connectivity index (χ4n) is 6.13. The summed E-state index contributed by atoms with van der Waals surface area (Å²) in [6.45, 7) is 6.63. The van der Waals surface area contributed by atoms with Gasteiger partial charge in [0, 0.05) is 12.8 Å². The van der Waals surface area contributed by atoms with E-state index in [1.165, 1.54) is 128 Å². The zero-order valence-corrected chi connectivity index (χ0v) is 29.6. The topological polar surface area (TPSA) is 38.7 Å². The molecule has 1 aliphatic rings. The molecular weight excluding hydrogens is 540 g/mol. The van der Waals surface area contributed by atoms with Crippen LogP contribution in [0.1, 0.15) is 188 Å². The van der Waals surface area contributed by atoms with Crippen molar-refractivity contribution in [2.75, 3.05) is 6.61 Å². The van der Waals surface area contributed by atoms with Gasteiger partial charge in [-0.05, 0) is 84.0 Å². The molecule has 0 amide bonds. The molecule has 1 saturated heterocycles. The molecule has 256 valence electrons. The highest BCUT2D eigenvalue weighted by molar-refractivity contribution is 4.93. The predicted molar refractivity (Wildman–Crippen MR) is 193 cm³/mol. The van der Waals surface area contributed by atoms with Crippen molar-refractivity contribution >= 4 is 0 Å². The first-order chi connectivity index (χ1) is 21.7. The van der Waals surface area contributed by atoms with Crippen LogP contribution in [-0.2, 0) is 9.47 Å². The van der Waals surface area contributed by atoms with Crippen molar-refractivity contribution < 1.29 is 14.6 Å². The summed E-state index contributed by atoms with van der Waals surface area (Å²) in [5, 5.41) is 9.77. The Morgan fingerprint density at radius 2 is 0.841 bits per heavy atom. The maximum Gasteiger partial charge on any atom is 0.169 e. The SMILES string of the molecule is CCCCC/C=C\C/C=C\CCCCCCCCC1(CCCCCCCC/C=C\C/C=C\CCCCC)OC(C)C(CO)O1. The number of unbranched alkanes of at least 4 members (excludes halogenated alkanes) is 18. The Balaban J connectivity index is 2.10. The van der Waals surface area contributed by atoms with E-state index in [2.05, 4.69) is 69.4 Å². The van der Waals surface area contributed by atoms with Gasteiger partial charge in [0.2, 0.25) is 0 Å². The summed E-state index contributed by atoms with van der Waals surface area (Å²) >= 11 is 0. The highest BCUT2D eigenvalue weighted by atomic mass is 16.8. The van der Waals surface area contributed by atoms with E-state index in [0.717, 1.165) is 38.5 Å². The Morgan fingerprint density at radius 3 is 1.20 bits per heavy atom. The minimum absolute atomic E-state index is 0.0193. The Bertz CT molecular complexity index is 673. The standard InChI is InChI=1S/C41H74O3/c1-4-6-8-10-12-14-16-18-20-22-24-26-28-30-32-34-36-41(43-39(3)40(38-42)44-41)37-35-33-31-29-27-25-23-21-19-17-15-13-11-9-7-5-2/h12-15,18-21,39-40,42H,4-11,16-17,22-38H2,1-3H3/b14-12-,15-13-,20-18-,21-19-. The summed E-state index contributed by atoms with van der Waals surface area (Å²) in [5.74, 6) is -0.475. The van der Waals surface area contributed by atoms with Crippen molar-refractivity contribution in [3.63, 3.8) is 0 Å². The maximum absolute atomic E-state index is 9.77. The highest BCUT2D eigenvalue weighted by Crippen LogP contribution is 2.37. The molecule has 1 N–H and O–H groups in total. The number of allylic oxidation sites excluding steroid dienone is 8. The third-order valence-corrected chi connectivity index (χ3v) is 8.99. The Hall–Kier alpha value is -1.16. The molecule has 3 heteroatoms. The molecule has 0 aromatic heterocycles. The van der Waals surface area contributed by atoms with E-state index in [1.807, 2.05) is 0 Å². The van der Waals surface area contributed by atoms with Gasteiger partial charge in [-0.3, -0.25) is 0 Å². The van der Waals surface area contributed by atoms with Gasteiger partial charge in [0.05, 0.1) is 12.7 Å². The molecule has 0 radical (unpaired) electrons. The normalized spacial score (nSPS) is 18.7. The predicted octanol–water partition coefficient (Wildman–Crippen LogP) is 12.9. The molecule has 0 aromatic rings. The smallest absolute Gasteiger partial charge is 0.169 e. The molecule has 1 rings (SSSR count). The molecule has 0 aliphatic carbocycles. The third kappa shape index (κ3) is 23.2. The average Bonchev–Trinajstić information content (AvgIpc) is 3.35. The first-order valence-corrected chi connectivity index (χ1v) is 19.2. The van der Waals surface area contributed by atoms with Crippen molar-refractivity contribution in [2.45, 2.75) is 206 Å². The lowest BCUT2D eigenvalue weighted by Gasteiger charge is -2.28. The van der Waals surface area contributed by atoms with E-state index in [9.17, 15) is 5.11 Å². The number of aliphatic hydroxyl groups excluding tert-OH is 1. The average molecular weight is 615 g/mol. The van der Waals surface area contributed by atoms with Gasteiger partial charge in [-0.2, -0.15) is 0 Å². The third-order valence-electron chi connectivity index (χ3n) is 8.99. The van der Waals surface area contributed by atoms with E-state index >= 15 is 0 Å². The molecule has 3 nitrogen and oxygen atoms in total. The molecule has 0 saturated carbocycles. The quantitative estimate of drug-likeness (QED) is 0.0623. The fraction of sp³-hybridized carbons (Fsp3) is 0.805. The zero-order valence-electron chi connectivity index (χ0n) is 29.6. The van der Waals surface area contributed by atoms with Gasteiger partial charge >= 0.3 is 0 Å². The molecule has 1 aliphatic heterocycles. The van der Waals surface area contributed by atoms with Crippen molar-refractivity contribution in [2.24, 2.45) is 0 Å². The van der Waals surface area contributed by atoms with Gasteiger partial charge in [0.25, 0.3) is 0 Å². The van der Waals surface area contributed by atoms with Crippen LogP contribution < -0.4 is 0 Å². The molecule has 44 heavy (non-hydrogen) atoms. The van der Waals surface area contributed by atoms with Crippen LogP contribution in [0.25, 0.3) is 0 Å². The second-order valence-electron chi connectivity index (χ2n) is 13.2. The summed E-state index contributed by atoms with van der Waals surface area (Å²) in [6.07, 6.45) is 50.7. The first kappa shape index (κ1) is 40.9. The lowest BCUT2D eigenvalue weighted by atomic mass is 9.98. The van der Waals surface area contributed by atoms with Crippen LogP contribution >= 0.6 is 0 Å². The molecule has 0 spiro atoms. The van der Waals surface area contributed by atoms with Crippen LogP contribution in [0.2, 0.25) is 0 Å². The van der Waals surface area contributed by atoms with Crippen molar-refractivity contribution in [1.82, 2.24) is 0 Å². The summed E-state index contributed by atoms with van der Waals surface area (Å²) in [5.41, 5.74) is 0. The van der Waals surface area contributed by atoms with Crippen LogP contribution in [-0.4, -0.2) is 29.7 Å². The van der Waals surface area contributed by atoms with Gasteiger partial charge in [-0.25, -0.2) is 0 Å². The van der Waals surface area contributed by atoms with Crippen LogP contribution in [0.15, 0.2) is 48.6 Å². The summed E-state index contributed by atoms with van der Waals surface area (Å²) in [4.78, 5) is 0. The highest BCUT2D eigenvalue weighted by Gasteiger charge is 2.44. The Labute approximate surface area is 275 Å². The molecule has 0 bridgehead atoms. The van der Waals surface area contributed by atoms with E-state index in [0.29, 0.717) is 0 Å². The van der Waals surface area contributed by atoms with Gasteiger partial charge in [0.15, 0.2) is 5.79 Å². The molecule has 1 fully saturated rings. The zero-order chi connectivity index (χ0) is 31.8. The molecule has 2 atom stereocenters. The van der Waals surface area contributed by atoms with Crippen molar-refractivity contribution in [3.8, 4) is 0 Å². The molecule has 1 heterocycles. The fourth-order valence-corrected chi connectivity index (χ4v) is 6.13. The summed E-state index contributed by atoms with van der Waals surface area (Å²) < 4.78 is 12.8. The van der Waals surface area contributed by atoms with Crippen LogP contribution in [0.5, 0.6) is 0 Å². The van der Waals surface area contributed by atoms with Gasteiger partial charge in [-0.1, -0.05) is 140 Å². The monoisotopic (exact) mass is 615 g/mol. The van der Waals surface area contributed by atoms with Crippen LogP contribution in [0, 0.1) is 0 Å². The van der Waals surface area contributed by atoms with Gasteiger partial charge < -0.3 is 14.6 Å². The second-order valence-corrected chi connectivity index (χ2v) is 13.2. The van der Waals surface area contributed by atoms with Gasteiger partial charge in [-0.15, -0.1) is 0 Å². The Kier molecular flexibility index (Phi) is 28.3. The minimum Gasteiger partial charge on any atom is -0.394 e.